The fourth-order valence-corrected chi connectivity index (χ4v) is 2.13. The molecule has 2 aromatic carbocycles. The molecule has 1 amide bonds. The van der Waals surface area contributed by atoms with Gasteiger partial charge in [-0.05, 0) is 49.4 Å². The Hall–Kier alpha value is -2.66. The van der Waals surface area contributed by atoms with Crippen LogP contribution < -0.4 is 5.32 Å². The lowest BCUT2D eigenvalue weighted by molar-refractivity contribution is 0.102. The molecule has 0 saturated heterocycles. The van der Waals surface area contributed by atoms with Gasteiger partial charge in [0, 0.05) is 21.8 Å². The van der Waals surface area contributed by atoms with Crippen LogP contribution in [0.5, 0.6) is 0 Å². The first-order chi connectivity index (χ1) is 10.6. The zero-order valence-electron chi connectivity index (χ0n) is 11.7. The SMILES string of the molecule is Cc1noc(-c2ccc(NC(=O)c3cccc(Cl)c3)cc2)n1. The molecule has 0 atom stereocenters. The summed E-state index contributed by atoms with van der Waals surface area (Å²) in [7, 11) is 0. The number of rotatable bonds is 3. The summed E-state index contributed by atoms with van der Waals surface area (Å²) in [5, 5.41) is 7.07. The van der Waals surface area contributed by atoms with E-state index in [-0.39, 0.29) is 5.91 Å². The van der Waals surface area contributed by atoms with Crippen molar-refractivity contribution in [3.63, 3.8) is 0 Å². The highest BCUT2D eigenvalue weighted by atomic mass is 35.5. The average Bonchev–Trinajstić information content (AvgIpc) is 2.94. The second-order valence-corrected chi connectivity index (χ2v) is 5.13. The van der Waals surface area contributed by atoms with Gasteiger partial charge in [-0.25, -0.2) is 0 Å². The molecule has 0 aliphatic rings. The van der Waals surface area contributed by atoms with Gasteiger partial charge in [-0.15, -0.1) is 0 Å². The van der Waals surface area contributed by atoms with Crippen molar-refractivity contribution in [2.75, 3.05) is 5.32 Å². The van der Waals surface area contributed by atoms with Crippen LogP contribution in [0.3, 0.4) is 0 Å². The number of halogens is 1. The molecule has 0 radical (unpaired) electrons. The van der Waals surface area contributed by atoms with Gasteiger partial charge < -0.3 is 9.84 Å². The molecular weight excluding hydrogens is 302 g/mol. The summed E-state index contributed by atoms with van der Waals surface area (Å²) in [5.74, 6) is 0.808. The number of hydrogen-bond donors (Lipinski definition) is 1. The Morgan fingerprint density at radius 3 is 2.59 bits per heavy atom. The predicted octanol–water partition coefficient (Wildman–Crippen LogP) is 3.95. The summed E-state index contributed by atoms with van der Waals surface area (Å²) >= 11 is 5.88. The van der Waals surface area contributed by atoms with Crippen LogP contribution in [0, 0.1) is 6.92 Å². The molecule has 0 saturated carbocycles. The maximum absolute atomic E-state index is 12.1. The number of carbonyl (C=O) groups excluding carboxylic acids is 1. The van der Waals surface area contributed by atoms with E-state index in [0.29, 0.717) is 28.0 Å². The Balaban J connectivity index is 1.75. The average molecular weight is 314 g/mol. The van der Waals surface area contributed by atoms with Crippen LogP contribution in [0.2, 0.25) is 5.02 Å². The van der Waals surface area contributed by atoms with Crippen LogP contribution in [0.25, 0.3) is 11.5 Å². The lowest BCUT2D eigenvalue weighted by Gasteiger charge is -2.06. The van der Waals surface area contributed by atoms with Gasteiger partial charge in [-0.1, -0.05) is 22.8 Å². The highest BCUT2D eigenvalue weighted by molar-refractivity contribution is 6.31. The molecule has 6 heteroatoms. The third-order valence-electron chi connectivity index (χ3n) is 3.00. The number of carbonyl (C=O) groups is 1. The molecule has 0 fully saturated rings. The molecule has 0 bridgehead atoms. The van der Waals surface area contributed by atoms with Gasteiger partial charge in [0.2, 0.25) is 0 Å². The highest BCUT2D eigenvalue weighted by Gasteiger charge is 2.08. The monoisotopic (exact) mass is 313 g/mol. The Morgan fingerprint density at radius 2 is 1.95 bits per heavy atom. The molecule has 1 aromatic heterocycles. The third kappa shape index (κ3) is 3.15. The molecule has 1 heterocycles. The Bertz CT molecular complexity index is 812. The van der Waals surface area contributed by atoms with Gasteiger partial charge in [0.05, 0.1) is 0 Å². The van der Waals surface area contributed by atoms with Gasteiger partial charge in [0.15, 0.2) is 5.82 Å². The molecule has 5 nitrogen and oxygen atoms in total. The van der Waals surface area contributed by atoms with Gasteiger partial charge in [-0.3, -0.25) is 4.79 Å². The molecule has 3 aromatic rings. The van der Waals surface area contributed by atoms with Crippen LogP contribution in [-0.2, 0) is 0 Å². The smallest absolute Gasteiger partial charge is 0.257 e. The lowest BCUT2D eigenvalue weighted by Crippen LogP contribution is -2.11. The molecule has 1 N–H and O–H groups in total. The first kappa shape index (κ1) is 14.3. The van der Waals surface area contributed by atoms with E-state index in [0.717, 1.165) is 5.56 Å². The number of nitrogens with one attached hydrogen (secondary N) is 1. The Kier molecular flexibility index (Phi) is 3.89. The van der Waals surface area contributed by atoms with Crippen molar-refractivity contribution in [1.82, 2.24) is 10.1 Å². The summed E-state index contributed by atoms with van der Waals surface area (Å²) in [6.07, 6.45) is 0. The molecule has 0 aliphatic heterocycles. The van der Waals surface area contributed by atoms with Crippen LogP contribution in [-0.4, -0.2) is 16.0 Å². The highest BCUT2D eigenvalue weighted by Crippen LogP contribution is 2.20. The number of anilines is 1. The predicted molar refractivity (Wildman–Crippen MR) is 83.9 cm³/mol. The minimum Gasteiger partial charge on any atom is -0.334 e. The summed E-state index contributed by atoms with van der Waals surface area (Å²) in [6, 6.07) is 13.9. The van der Waals surface area contributed by atoms with Crippen LogP contribution in [0.15, 0.2) is 53.1 Å². The lowest BCUT2D eigenvalue weighted by atomic mass is 10.2. The zero-order chi connectivity index (χ0) is 15.5. The number of nitrogens with zero attached hydrogens (tertiary/aromatic N) is 2. The van der Waals surface area contributed by atoms with Gasteiger partial charge >= 0.3 is 0 Å². The fourth-order valence-electron chi connectivity index (χ4n) is 1.94. The maximum Gasteiger partial charge on any atom is 0.257 e. The molecule has 0 unspecified atom stereocenters. The van der Waals surface area contributed by atoms with E-state index in [1.54, 1.807) is 55.5 Å². The second kappa shape index (κ2) is 5.99. The molecule has 0 aliphatic carbocycles. The Morgan fingerprint density at radius 1 is 1.18 bits per heavy atom. The van der Waals surface area contributed by atoms with E-state index in [4.69, 9.17) is 16.1 Å². The number of aryl methyl sites for hydroxylation is 1. The van der Waals surface area contributed by atoms with Crippen LogP contribution in [0.4, 0.5) is 5.69 Å². The number of amides is 1. The molecule has 3 rings (SSSR count). The maximum atomic E-state index is 12.1. The summed E-state index contributed by atoms with van der Waals surface area (Å²) in [6.45, 7) is 1.76. The Labute approximate surface area is 131 Å². The zero-order valence-corrected chi connectivity index (χ0v) is 12.5. The van der Waals surface area contributed by atoms with E-state index in [1.165, 1.54) is 0 Å². The van der Waals surface area contributed by atoms with E-state index >= 15 is 0 Å². The minimum absolute atomic E-state index is 0.219. The van der Waals surface area contributed by atoms with Crippen molar-refractivity contribution in [3.8, 4) is 11.5 Å². The van der Waals surface area contributed by atoms with Crippen molar-refractivity contribution in [3.05, 3.63) is 64.9 Å². The first-order valence-corrected chi connectivity index (χ1v) is 6.97. The molecule has 110 valence electrons. The second-order valence-electron chi connectivity index (χ2n) is 4.69. The van der Waals surface area contributed by atoms with E-state index in [2.05, 4.69) is 15.5 Å². The van der Waals surface area contributed by atoms with Gasteiger partial charge in [0.25, 0.3) is 11.8 Å². The number of benzene rings is 2. The van der Waals surface area contributed by atoms with Crippen LogP contribution >= 0.6 is 11.6 Å². The number of hydrogen-bond acceptors (Lipinski definition) is 4. The largest absolute Gasteiger partial charge is 0.334 e. The van der Waals surface area contributed by atoms with Crippen molar-refractivity contribution in [2.24, 2.45) is 0 Å². The standard InChI is InChI=1S/C16H12ClN3O2/c1-10-18-16(22-20-10)11-5-7-14(8-6-11)19-15(21)12-3-2-4-13(17)9-12/h2-9H,1H3,(H,19,21). The van der Waals surface area contributed by atoms with Crippen molar-refractivity contribution in [1.29, 1.82) is 0 Å². The first-order valence-electron chi connectivity index (χ1n) is 6.59. The van der Waals surface area contributed by atoms with Crippen molar-refractivity contribution >= 4 is 23.2 Å². The summed E-state index contributed by atoms with van der Waals surface area (Å²) < 4.78 is 5.09. The van der Waals surface area contributed by atoms with E-state index < -0.39 is 0 Å². The summed E-state index contributed by atoms with van der Waals surface area (Å²) in [5.41, 5.74) is 1.97. The quantitative estimate of drug-likeness (QED) is 0.795. The van der Waals surface area contributed by atoms with Crippen molar-refractivity contribution in [2.45, 2.75) is 6.92 Å². The normalized spacial score (nSPS) is 10.5. The summed E-state index contributed by atoms with van der Waals surface area (Å²) in [4.78, 5) is 16.3. The van der Waals surface area contributed by atoms with Crippen LogP contribution in [0.1, 0.15) is 16.2 Å². The topological polar surface area (TPSA) is 68.0 Å². The van der Waals surface area contributed by atoms with E-state index in [1.807, 2.05) is 0 Å². The molecular formula is C16H12ClN3O2. The molecule has 0 spiro atoms. The third-order valence-corrected chi connectivity index (χ3v) is 3.24. The van der Waals surface area contributed by atoms with Gasteiger partial charge in [-0.2, -0.15) is 4.98 Å². The van der Waals surface area contributed by atoms with E-state index in [9.17, 15) is 4.79 Å². The minimum atomic E-state index is -0.219. The van der Waals surface area contributed by atoms with Gasteiger partial charge in [0.1, 0.15) is 0 Å². The fraction of sp³-hybridized carbons (Fsp3) is 0.0625. The van der Waals surface area contributed by atoms with Crippen molar-refractivity contribution < 1.29 is 9.32 Å². The molecule has 22 heavy (non-hydrogen) atoms. The number of aromatic nitrogens is 2.